The molecule has 8 bridgehead atoms. The quantitative estimate of drug-likeness (QED) is 0.0159. The minimum absolute atomic E-state index is 0.227. The van der Waals surface area contributed by atoms with Gasteiger partial charge in [0.25, 0.3) is 0 Å². The van der Waals surface area contributed by atoms with E-state index in [1.807, 2.05) is 0 Å². The molecule has 6 fully saturated rings. The van der Waals surface area contributed by atoms with Crippen molar-refractivity contribution in [1.82, 2.24) is 0 Å². The number of rotatable bonds is 48. The number of nitrogens with zero attached hydrogens (tertiary/aromatic N) is 8. The largest absolute Gasteiger partial charge is 0.515 e. The zero-order valence-corrected chi connectivity index (χ0v) is 80.0. The number of benzene rings is 8. The summed E-state index contributed by atoms with van der Waals surface area (Å²) in [6.07, 6.45) is 0. The van der Waals surface area contributed by atoms with E-state index in [0.717, 1.165) is 233 Å². The molecule has 0 atom stereocenters. The topological polar surface area (TPSA) is 733 Å². The van der Waals surface area contributed by atoms with Crippen molar-refractivity contribution in [3.05, 3.63) is 194 Å². The summed E-state index contributed by atoms with van der Waals surface area (Å²) in [7, 11) is -51.9. The average molecular weight is 2080 g/mol. The lowest BCUT2D eigenvalue weighted by atomic mass is 10.3. The molecular weight excluding hydrogens is 2000 g/mol. The van der Waals surface area contributed by atoms with Gasteiger partial charge < -0.3 is 170 Å². The number of anilines is 8. The van der Waals surface area contributed by atoms with Gasteiger partial charge >= 0.3 is 166 Å². The van der Waals surface area contributed by atoms with E-state index in [4.69, 9.17) is 49.4 Å². The van der Waals surface area contributed by atoms with Gasteiger partial charge in [0.15, 0.2) is 0 Å². The Kier molecular flexibility index (Phi) is 30.2. The fraction of sp³-hybridized carbons (Fsp3) is 0.200. The van der Waals surface area contributed by atoms with Crippen LogP contribution < -0.4 is 80.7 Å². The van der Waals surface area contributed by atoms with Gasteiger partial charge in [-0.25, -0.2) is 0 Å². The van der Waals surface area contributed by atoms with Crippen LogP contribution in [0.1, 0.15) is 0 Å². The van der Waals surface area contributed by atoms with Gasteiger partial charge in [0.1, 0.15) is 105 Å². The number of carboxylic acid groups (broad SMARTS) is 16. The lowest BCUT2D eigenvalue weighted by Gasteiger charge is -2.62. The molecule has 0 saturated carbocycles. The first kappa shape index (κ1) is 102. The maximum atomic E-state index is 12.8. The third-order valence-corrected chi connectivity index (χ3v) is 55.3. The third kappa shape index (κ3) is 23.2. The predicted molar refractivity (Wildman–Crippen MR) is 488 cm³/mol. The highest BCUT2D eigenvalue weighted by molar-refractivity contribution is 7.14. The Morgan fingerprint density at radius 1 is 0.136 bits per heavy atom. The summed E-state index contributed by atoms with van der Waals surface area (Å²) < 4.78 is 98.5. The summed E-state index contributed by atoms with van der Waals surface area (Å²) in [5.41, 5.74) is -1.82. The van der Waals surface area contributed by atoms with Crippen molar-refractivity contribution in [2.45, 2.75) is 0 Å². The Hall–Kier alpha value is -15.1. The number of hydrogen-bond acceptors (Lipinski definition) is 36. The van der Waals surface area contributed by atoms with Crippen LogP contribution in [0.15, 0.2) is 194 Å². The van der Waals surface area contributed by atoms with Gasteiger partial charge in [-0.15, -0.1) is 0 Å². The highest BCUT2D eigenvalue weighted by Crippen LogP contribution is 2.50. The molecule has 14 rings (SSSR count). The number of carboxylic acids is 16. The van der Waals surface area contributed by atoms with Crippen molar-refractivity contribution in [2.75, 3.05) is 144 Å². The lowest BCUT2D eigenvalue weighted by molar-refractivity contribution is -0.138. The van der Waals surface area contributed by atoms with Crippen molar-refractivity contribution in [1.29, 1.82) is 0 Å². The van der Waals surface area contributed by atoms with Gasteiger partial charge in [0.2, 0.25) is 0 Å². The van der Waals surface area contributed by atoms with Crippen LogP contribution in [0.5, 0.6) is 0 Å². The monoisotopic (exact) mass is 2080 g/mol. The second kappa shape index (κ2) is 41.3. The number of carbonyl (C=O) groups is 16. The number of hydrogen-bond donors (Lipinski definition) is 16. The fourth-order valence-electron chi connectivity index (χ4n) is 15.6. The molecule has 0 unspecified atom stereocenters. The van der Waals surface area contributed by atoms with Gasteiger partial charge in [0.05, 0.1) is 0 Å². The van der Waals surface area contributed by atoms with E-state index in [-0.39, 0.29) is 45.5 Å². The first-order valence-electron chi connectivity index (χ1n) is 40.8. The molecule has 0 aliphatic carbocycles. The van der Waals surface area contributed by atoms with Crippen molar-refractivity contribution < 1.29 is 208 Å². The molecule has 6 aliphatic heterocycles. The molecule has 16 N–H and O–H groups in total. The van der Waals surface area contributed by atoms with Gasteiger partial charge in [-0.3, -0.25) is 76.7 Å². The molecule has 8 aromatic rings. The summed E-state index contributed by atoms with van der Waals surface area (Å²) in [6, 6.07) is 36.1. The van der Waals surface area contributed by atoms with E-state index in [1.165, 1.54) is 0 Å². The maximum absolute atomic E-state index is 12.8. The first-order chi connectivity index (χ1) is 66.1. The molecule has 8 aromatic carbocycles. The average Bonchev–Trinajstić information content (AvgIpc) is 0.662. The highest BCUT2D eigenvalue weighted by atomic mass is 28.6. The summed E-state index contributed by atoms with van der Waals surface area (Å²) in [5.74, 6) is -25.4. The van der Waals surface area contributed by atoms with E-state index < -0.39 is 312 Å². The van der Waals surface area contributed by atoms with Gasteiger partial charge in [-0.2, -0.15) is 0 Å². The molecule has 6 saturated heterocycles. The van der Waals surface area contributed by atoms with Crippen LogP contribution in [0.3, 0.4) is 0 Å². The molecule has 52 nitrogen and oxygen atoms in total. The predicted octanol–water partition coefficient (Wildman–Crippen LogP) is -5.17. The van der Waals surface area contributed by atoms with E-state index in [9.17, 15) is 158 Å². The second-order valence-electron chi connectivity index (χ2n) is 31.2. The highest BCUT2D eigenvalue weighted by Gasteiger charge is 2.86. The SMILES string of the molecule is O=C(O)CN(CC(=O)O)c1ccc([Si]23O[Si]4(c5ccc(N(CC(=O)O)CC(=O)O)cc5)O[Si]5(c6ccc(N(CC(=O)O)CC(=O)O)cc6)O[Si](c6ccc(N(CC(=O)O)CC(=O)O)cc6)(O2)O[Si]2(c6ccc(N(CC(=O)O)CC(=O)O)cc6)O[Si](c6ccc(N(CC(=O)O)CC(=O)O)cc6)(O3)O[Si](c3ccc(N(CC(=O)O)CC(=O)O)cc3)(O4)O[Si](c3ccc(N(CC(=O)O)CC(=O)O)cc3)(O5)O2)cc1. The number of aliphatic carboxylic acids is 16. The van der Waals surface area contributed by atoms with Crippen LogP contribution in [0.4, 0.5) is 45.5 Å². The molecular formula is C80H80N8O44Si8. The molecule has 736 valence electrons. The van der Waals surface area contributed by atoms with Crippen LogP contribution in [0, 0.1) is 0 Å². The lowest BCUT2D eigenvalue weighted by Crippen LogP contribution is -2.96. The van der Waals surface area contributed by atoms with Crippen LogP contribution in [0.25, 0.3) is 0 Å². The zero-order chi connectivity index (χ0) is 102. The van der Waals surface area contributed by atoms with E-state index in [1.54, 1.807) is 0 Å². The van der Waals surface area contributed by atoms with E-state index >= 15 is 0 Å². The summed E-state index contributed by atoms with van der Waals surface area (Å²) in [4.78, 5) is 212. The summed E-state index contributed by atoms with van der Waals surface area (Å²) in [5, 5.41) is 162. The Morgan fingerprint density at radius 3 is 0.257 bits per heavy atom. The smallest absolute Gasteiger partial charge is 0.480 e. The van der Waals surface area contributed by atoms with E-state index in [0.29, 0.717) is 0 Å². The third-order valence-electron chi connectivity index (χ3n) is 21.1. The zero-order valence-electron chi connectivity index (χ0n) is 72.0. The molecule has 0 radical (unpaired) electrons. The fourth-order valence-corrected chi connectivity index (χ4v) is 61.5. The molecule has 0 amide bonds. The molecule has 140 heavy (non-hydrogen) atoms. The van der Waals surface area contributed by atoms with Crippen LogP contribution >= 0.6 is 0 Å². The maximum Gasteiger partial charge on any atom is 0.515 e. The standard InChI is InChI=1S/C80H80N8O44Si8/c89-65(90)33-81(34-66(91)92)49-1-17-57(18-2-49)133-121-134(58-19-3-50(4-20-58)82(35-67(93)94)36-68(95)96)124-137(61-25-9-53(10-26-61)85(41-73(105)106)42-74(107)108)126-135(122-133,59-21-5-51(6-22-59)83(37-69(97)98)38-70(99)100)128-139(63-29-13-55(14-30-63)87(45-77(113)114)46-78(115)116)129-136(123-133,60-23-7-52(8-24-60)84(39-71(101)102)40-72(103)104)127-138(125-134,62-27-11-54(12-28-62)86(43-75(109)110)44-76(111)112)131-140(130-137,132-139)64-31-15-56(16-32-64)88(47-79(117)118)48-80(119)120/h1-32H,33-48H2,(H,89,90)(H,91,92)(H,93,94)(H,95,96)(H,97,98)(H,99,100)(H,101,102)(H,103,104)(H,105,106)(H,107,108)(H,109,110)(H,111,112)(H,113,114)(H,115,116)(H,117,118)(H,119,120). The van der Waals surface area contributed by atoms with Crippen LogP contribution in [-0.2, 0) is 126 Å². The van der Waals surface area contributed by atoms with Gasteiger partial charge in [-0.1, -0.05) is 97.1 Å². The van der Waals surface area contributed by atoms with Crippen molar-refractivity contribution in [2.24, 2.45) is 0 Å². The minimum atomic E-state index is -6.49. The van der Waals surface area contributed by atoms with Crippen molar-refractivity contribution in [3.63, 3.8) is 0 Å². The normalized spacial score (nSPS) is 21.8. The Morgan fingerprint density at radius 2 is 0.200 bits per heavy atom. The Labute approximate surface area is 794 Å². The minimum Gasteiger partial charge on any atom is -0.480 e. The molecule has 6 heterocycles. The first-order valence-corrected chi connectivity index (χ1v) is 54.6. The Balaban J connectivity index is 1.31. The van der Waals surface area contributed by atoms with Crippen LogP contribution in [0.2, 0.25) is 0 Å². The van der Waals surface area contributed by atoms with E-state index in [2.05, 4.69) is 0 Å². The molecule has 6 aliphatic rings. The van der Waals surface area contributed by atoms with Crippen molar-refractivity contribution in [3.8, 4) is 0 Å². The van der Waals surface area contributed by atoms with Crippen molar-refractivity contribution >= 4 is 253 Å². The molecule has 0 spiro atoms. The molecule has 60 heteroatoms. The summed E-state index contributed by atoms with van der Waals surface area (Å²) >= 11 is 0. The second-order valence-corrected chi connectivity index (χ2v) is 54.5. The Bertz CT molecular complexity index is 4870. The summed E-state index contributed by atoms with van der Waals surface area (Å²) in [6.45, 7) is -16.7. The van der Waals surface area contributed by atoms with Crippen LogP contribution in [-0.4, -0.2) is 352 Å². The van der Waals surface area contributed by atoms with Gasteiger partial charge in [0, 0.05) is 87.0 Å². The molecule has 0 aromatic heterocycles. The van der Waals surface area contributed by atoms with Gasteiger partial charge in [-0.05, 0) is 97.1 Å².